The maximum absolute atomic E-state index is 11.0. The van der Waals surface area contributed by atoms with E-state index in [1.807, 2.05) is 30.3 Å². The van der Waals surface area contributed by atoms with Gasteiger partial charge in [-0.3, -0.25) is 19.7 Å². The third kappa shape index (κ3) is 2.31. The molecule has 20 heavy (non-hydrogen) atoms. The molecule has 0 atom stereocenters. The van der Waals surface area contributed by atoms with Crippen LogP contribution in [0.5, 0.6) is 0 Å². The first-order valence-electron chi connectivity index (χ1n) is 6.14. The third-order valence-electron chi connectivity index (χ3n) is 2.95. The number of hydrogen-bond acceptors (Lipinski definition) is 4. The normalized spacial score (nSPS) is 10.2. The minimum Gasteiger partial charge on any atom is -0.298 e. The van der Waals surface area contributed by atoms with Crippen molar-refractivity contribution < 1.29 is 4.79 Å². The van der Waals surface area contributed by atoms with Gasteiger partial charge in [-0.05, 0) is 24.3 Å². The lowest BCUT2D eigenvalue weighted by Crippen LogP contribution is -1.93. The summed E-state index contributed by atoms with van der Waals surface area (Å²) in [5, 5.41) is 0. The Hall–Kier alpha value is -2.88. The summed E-state index contributed by atoms with van der Waals surface area (Å²) < 4.78 is 0. The molecule has 96 valence electrons. The average molecular weight is 261 g/mol. The molecule has 3 aromatic heterocycles. The highest BCUT2D eigenvalue weighted by Gasteiger charge is 2.10. The van der Waals surface area contributed by atoms with E-state index in [9.17, 15) is 4.79 Å². The lowest BCUT2D eigenvalue weighted by atomic mass is 10.0. The minimum atomic E-state index is 0.538. The number of carbonyl (C=O) groups is 1. The summed E-state index contributed by atoms with van der Waals surface area (Å²) in [5.41, 5.74) is 4.02. The molecule has 0 aliphatic heterocycles. The standard InChI is InChI=1S/C16H11N3O/c20-11-12-7-15(13-3-1-5-17-9-13)16(19-8-12)14-4-2-6-18-10-14/h1-11H. The molecule has 0 amide bonds. The fourth-order valence-corrected chi connectivity index (χ4v) is 2.02. The van der Waals surface area contributed by atoms with E-state index in [0.717, 1.165) is 28.7 Å². The number of hydrogen-bond donors (Lipinski definition) is 0. The first-order valence-corrected chi connectivity index (χ1v) is 6.14. The fourth-order valence-electron chi connectivity index (χ4n) is 2.02. The zero-order valence-corrected chi connectivity index (χ0v) is 10.6. The van der Waals surface area contributed by atoms with Crippen molar-refractivity contribution in [2.75, 3.05) is 0 Å². The van der Waals surface area contributed by atoms with Gasteiger partial charge in [-0.1, -0.05) is 6.07 Å². The van der Waals surface area contributed by atoms with Crippen LogP contribution in [0, 0.1) is 0 Å². The molecular formula is C16H11N3O. The minimum absolute atomic E-state index is 0.538. The molecule has 0 spiro atoms. The number of nitrogens with zero attached hydrogens (tertiary/aromatic N) is 3. The van der Waals surface area contributed by atoms with Crippen LogP contribution in [-0.2, 0) is 0 Å². The Balaban J connectivity index is 2.23. The molecule has 0 N–H and O–H groups in total. The molecule has 0 aliphatic rings. The van der Waals surface area contributed by atoms with Gasteiger partial charge in [0.15, 0.2) is 6.29 Å². The summed E-state index contributed by atoms with van der Waals surface area (Å²) >= 11 is 0. The van der Waals surface area contributed by atoms with Gasteiger partial charge >= 0.3 is 0 Å². The van der Waals surface area contributed by atoms with Gasteiger partial charge in [-0.2, -0.15) is 0 Å². The second-order valence-electron chi connectivity index (χ2n) is 4.27. The Morgan fingerprint density at radius 2 is 1.60 bits per heavy atom. The van der Waals surface area contributed by atoms with Crippen LogP contribution in [0.2, 0.25) is 0 Å². The van der Waals surface area contributed by atoms with E-state index >= 15 is 0 Å². The van der Waals surface area contributed by atoms with Crippen molar-refractivity contribution >= 4 is 6.29 Å². The second kappa shape index (κ2) is 5.40. The van der Waals surface area contributed by atoms with E-state index in [-0.39, 0.29) is 0 Å². The fraction of sp³-hybridized carbons (Fsp3) is 0. The highest BCUT2D eigenvalue weighted by molar-refractivity contribution is 5.85. The highest BCUT2D eigenvalue weighted by Crippen LogP contribution is 2.29. The van der Waals surface area contributed by atoms with E-state index in [2.05, 4.69) is 15.0 Å². The largest absolute Gasteiger partial charge is 0.298 e. The first-order chi connectivity index (χ1) is 9.88. The van der Waals surface area contributed by atoms with Gasteiger partial charge in [0.25, 0.3) is 0 Å². The van der Waals surface area contributed by atoms with E-state index in [0.29, 0.717) is 5.56 Å². The third-order valence-corrected chi connectivity index (χ3v) is 2.95. The summed E-state index contributed by atoms with van der Waals surface area (Å²) in [5.74, 6) is 0. The van der Waals surface area contributed by atoms with Gasteiger partial charge in [-0.25, -0.2) is 0 Å². The van der Waals surface area contributed by atoms with Crippen molar-refractivity contribution in [2.45, 2.75) is 0 Å². The van der Waals surface area contributed by atoms with Crippen LogP contribution in [0.25, 0.3) is 22.4 Å². The summed E-state index contributed by atoms with van der Waals surface area (Å²) in [7, 11) is 0. The van der Waals surface area contributed by atoms with Gasteiger partial charge in [0.05, 0.1) is 5.69 Å². The number of carbonyl (C=O) groups excluding carboxylic acids is 1. The molecule has 0 unspecified atom stereocenters. The van der Waals surface area contributed by atoms with Crippen molar-refractivity contribution in [1.82, 2.24) is 15.0 Å². The van der Waals surface area contributed by atoms with Gasteiger partial charge in [-0.15, -0.1) is 0 Å². The summed E-state index contributed by atoms with van der Waals surface area (Å²) in [4.78, 5) is 23.6. The molecule has 0 bridgehead atoms. The Morgan fingerprint density at radius 1 is 0.900 bits per heavy atom. The molecule has 0 radical (unpaired) electrons. The molecule has 3 rings (SSSR count). The quantitative estimate of drug-likeness (QED) is 0.680. The molecule has 0 aliphatic carbocycles. The van der Waals surface area contributed by atoms with Gasteiger partial charge in [0.1, 0.15) is 0 Å². The first kappa shape index (κ1) is 12.2. The van der Waals surface area contributed by atoms with Crippen molar-refractivity contribution in [3.8, 4) is 22.4 Å². The van der Waals surface area contributed by atoms with Gasteiger partial charge < -0.3 is 0 Å². The molecular weight excluding hydrogens is 250 g/mol. The molecule has 4 heteroatoms. The monoisotopic (exact) mass is 261 g/mol. The van der Waals surface area contributed by atoms with Crippen LogP contribution in [0.1, 0.15) is 10.4 Å². The second-order valence-corrected chi connectivity index (χ2v) is 4.27. The molecule has 0 saturated heterocycles. The topological polar surface area (TPSA) is 55.7 Å². The summed E-state index contributed by atoms with van der Waals surface area (Å²) in [6, 6.07) is 9.42. The van der Waals surface area contributed by atoms with Gasteiger partial charge in [0, 0.05) is 53.2 Å². The Bertz CT molecular complexity index is 727. The van der Waals surface area contributed by atoms with E-state index < -0.39 is 0 Å². The van der Waals surface area contributed by atoms with E-state index in [1.165, 1.54) is 0 Å². The predicted molar refractivity (Wildman–Crippen MR) is 76.1 cm³/mol. The maximum Gasteiger partial charge on any atom is 0.151 e. The summed E-state index contributed by atoms with van der Waals surface area (Å²) in [6.07, 6.45) is 9.29. The van der Waals surface area contributed by atoms with Crippen LogP contribution in [-0.4, -0.2) is 21.2 Å². The zero-order valence-electron chi connectivity index (χ0n) is 10.6. The van der Waals surface area contributed by atoms with Crippen LogP contribution >= 0.6 is 0 Å². The van der Waals surface area contributed by atoms with Crippen molar-refractivity contribution in [2.24, 2.45) is 0 Å². The maximum atomic E-state index is 11.0. The van der Waals surface area contributed by atoms with E-state index in [4.69, 9.17) is 0 Å². The molecule has 3 heterocycles. The van der Waals surface area contributed by atoms with Crippen LogP contribution in [0.4, 0.5) is 0 Å². The number of rotatable bonds is 3. The molecule has 0 fully saturated rings. The van der Waals surface area contributed by atoms with Gasteiger partial charge in [0.2, 0.25) is 0 Å². The number of aldehydes is 1. The van der Waals surface area contributed by atoms with Crippen LogP contribution in [0.15, 0.2) is 61.3 Å². The zero-order chi connectivity index (χ0) is 13.8. The lowest BCUT2D eigenvalue weighted by molar-refractivity contribution is 0.112. The van der Waals surface area contributed by atoms with Crippen LogP contribution < -0.4 is 0 Å². The molecule has 3 aromatic rings. The molecule has 0 aromatic carbocycles. The Labute approximate surface area is 116 Å². The predicted octanol–water partition coefficient (Wildman–Crippen LogP) is 3.02. The number of pyridine rings is 3. The smallest absolute Gasteiger partial charge is 0.151 e. The SMILES string of the molecule is O=Cc1cnc(-c2cccnc2)c(-c2cccnc2)c1. The Morgan fingerprint density at radius 3 is 2.20 bits per heavy atom. The van der Waals surface area contributed by atoms with Crippen molar-refractivity contribution in [3.05, 3.63) is 66.9 Å². The van der Waals surface area contributed by atoms with E-state index in [1.54, 1.807) is 31.0 Å². The average Bonchev–Trinajstić information content (AvgIpc) is 2.56. The Kier molecular flexibility index (Phi) is 3.29. The van der Waals surface area contributed by atoms with Crippen LogP contribution in [0.3, 0.4) is 0 Å². The molecule has 4 nitrogen and oxygen atoms in total. The number of aromatic nitrogens is 3. The summed E-state index contributed by atoms with van der Waals surface area (Å²) in [6.45, 7) is 0. The van der Waals surface area contributed by atoms with Crippen molar-refractivity contribution in [1.29, 1.82) is 0 Å². The van der Waals surface area contributed by atoms with Crippen molar-refractivity contribution in [3.63, 3.8) is 0 Å². The highest BCUT2D eigenvalue weighted by atomic mass is 16.1. The lowest BCUT2D eigenvalue weighted by Gasteiger charge is -2.09. The molecule has 0 saturated carbocycles.